The summed E-state index contributed by atoms with van der Waals surface area (Å²) >= 11 is 0. The van der Waals surface area contributed by atoms with E-state index >= 15 is 0 Å². The second-order valence-electron chi connectivity index (χ2n) is 8.15. The highest BCUT2D eigenvalue weighted by atomic mass is 127. The number of carbonyl (C=O) groups excluding carboxylic acids is 2. The summed E-state index contributed by atoms with van der Waals surface area (Å²) in [4.78, 5) is 35.3. The lowest BCUT2D eigenvalue weighted by Gasteiger charge is -2.39. The Morgan fingerprint density at radius 2 is 1.64 bits per heavy atom. The number of hydrogen-bond acceptors (Lipinski definition) is 4. The number of primary amides is 1. The summed E-state index contributed by atoms with van der Waals surface area (Å²) in [5.41, 5.74) is 4.79. The first-order valence-corrected chi connectivity index (χ1v) is 10.1. The van der Waals surface area contributed by atoms with E-state index in [9.17, 15) is 9.59 Å². The maximum atomic E-state index is 12.6. The lowest BCUT2D eigenvalue weighted by atomic mass is 9.93. The van der Waals surface area contributed by atoms with Crippen LogP contribution in [0.25, 0.3) is 0 Å². The molecule has 3 N–H and O–H groups in total. The third-order valence-electron chi connectivity index (χ3n) is 5.56. The highest BCUT2D eigenvalue weighted by Gasteiger charge is 2.31. The van der Waals surface area contributed by atoms with Crippen molar-refractivity contribution in [2.75, 3.05) is 52.4 Å². The molecule has 0 bridgehead atoms. The normalized spacial score (nSPS) is 19.9. The zero-order valence-corrected chi connectivity index (χ0v) is 20.1. The van der Waals surface area contributed by atoms with Gasteiger partial charge in [-0.15, -0.1) is 24.0 Å². The van der Waals surface area contributed by atoms with Crippen molar-refractivity contribution in [1.29, 1.82) is 0 Å². The largest absolute Gasteiger partial charge is 0.369 e. The van der Waals surface area contributed by atoms with Gasteiger partial charge in [-0.25, -0.2) is 0 Å². The summed E-state index contributed by atoms with van der Waals surface area (Å²) in [6.07, 6.45) is 2.24. The molecule has 0 aromatic carbocycles. The second kappa shape index (κ2) is 11.2. The van der Waals surface area contributed by atoms with Crippen molar-refractivity contribution in [3.63, 3.8) is 0 Å². The molecule has 2 aliphatic rings. The Bertz CT molecular complexity index is 555. The van der Waals surface area contributed by atoms with Gasteiger partial charge in [-0.3, -0.25) is 19.5 Å². The summed E-state index contributed by atoms with van der Waals surface area (Å²) in [6.45, 7) is 13.8. The van der Waals surface area contributed by atoms with Crippen LogP contribution in [-0.2, 0) is 9.59 Å². The van der Waals surface area contributed by atoms with Crippen molar-refractivity contribution in [1.82, 2.24) is 20.0 Å². The maximum absolute atomic E-state index is 12.6. The Kier molecular flexibility index (Phi) is 9.96. The van der Waals surface area contributed by atoms with Crippen LogP contribution in [0, 0.1) is 5.41 Å². The van der Waals surface area contributed by atoms with Crippen LogP contribution >= 0.6 is 24.0 Å². The molecule has 2 rings (SSSR count). The lowest BCUT2D eigenvalue weighted by Crippen LogP contribution is -2.57. The number of hydrogen-bond donors (Lipinski definition) is 2. The summed E-state index contributed by atoms with van der Waals surface area (Å²) in [6, 6.07) is -0.0708. The number of guanidine groups is 1. The van der Waals surface area contributed by atoms with E-state index in [4.69, 9.17) is 5.73 Å². The van der Waals surface area contributed by atoms with Crippen molar-refractivity contribution in [3.8, 4) is 0 Å². The first-order valence-electron chi connectivity index (χ1n) is 10.1. The molecular weight excluding hydrogens is 471 g/mol. The van der Waals surface area contributed by atoms with E-state index in [0.717, 1.165) is 64.6 Å². The van der Waals surface area contributed by atoms with Gasteiger partial charge in [0, 0.05) is 45.8 Å². The van der Waals surface area contributed by atoms with E-state index < -0.39 is 5.41 Å². The van der Waals surface area contributed by atoms with Crippen LogP contribution in [0.4, 0.5) is 0 Å². The van der Waals surface area contributed by atoms with Crippen LogP contribution in [0.15, 0.2) is 4.99 Å². The van der Waals surface area contributed by atoms with Gasteiger partial charge in [0.1, 0.15) is 0 Å². The number of halogens is 1. The van der Waals surface area contributed by atoms with E-state index in [2.05, 4.69) is 20.1 Å². The number of nitrogens with one attached hydrogen (secondary N) is 1. The fourth-order valence-corrected chi connectivity index (χ4v) is 3.46. The van der Waals surface area contributed by atoms with Gasteiger partial charge in [-0.05, 0) is 40.5 Å². The molecule has 0 aliphatic carbocycles. The predicted molar refractivity (Wildman–Crippen MR) is 123 cm³/mol. The van der Waals surface area contributed by atoms with Crippen LogP contribution in [0.5, 0.6) is 0 Å². The summed E-state index contributed by atoms with van der Waals surface area (Å²) in [7, 11) is 0. The highest BCUT2D eigenvalue weighted by molar-refractivity contribution is 14.0. The van der Waals surface area contributed by atoms with Gasteiger partial charge in [0.25, 0.3) is 0 Å². The second-order valence-corrected chi connectivity index (χ2v) is 8.15. The number of nitrogens with zero attached hydrogens (tertiary/aromatic N) is 4. The molecule has 0 aromatic rings. The third kappa shape index (κ3) is 6.47. The fourth-order valence-electron chi connectivity index (χ4n) is 3.46. The van der Waals surface area contributed by atoms with E-state index in [1.54, 1.807) is 0 Å². The molecule has 2 saturated heterocycles. The highest BCUT2D eigenvalue weighted by Crippen LogP contribution is 2.16. The number of rotatable bonds is 6. The summed E-state index contributed by atoms with van der Waals surface area (Å²) in [5.74, 6) is 0.718. The zero-order chi connectivity index (χ0) is 20.0. The van der Waals surface area contributed by atoms with E-state index in [1.165, 1.54) is 0 Å². The molecule has 0 aromatic heterocycles. The number of carbonyl (C=O) groups is 2. The molecule has 2 fully saturated rings. The maximum Gasteiger partial charge on any atom is 0.239 e. The molecule has 2 aliphatic heterocycles. The Labute approximate surface area is 186 Å². The monoisotopic (exact) mass is 508 g/mol. The SMILES string of the molecule is CCNC(=NCC(C)(C)C(N)=O)N1CCN(C(C)C(=O)N2CCCC2)CC1.I. The molecule has 2 amide bonds. The number of nitrogens with two attached hydrogens (primary N) is 1. The molecule has 2 heterocycles. The van der Waals surface area contributed by atoms with Gasteiger partial charge < -0.3 is 20.9 Å². The van der Waals surface area contributed by atoms with Crippen LogP contribution in [0.2, 0.25) is 0 Å². The van der Waals surface area contributed by atoms with Crippen LogP contribution in [-0.4, -0.2) is 90.9 Å². The number of likely N-dealkylation sites (tertiary alicyclic amines) is 1. The van der Waals surface area contributed by atoms with Gasteiger partial charge in [0.2, 0.25) is 11.8 Å². The molecule has 1 unspecified atom stereocenters. The van der Waals surface area contributed by atoms with Crippen molar-refractivity contribution in [2.24, 2.45) is 16.1 Å². The van der Waals surface area contributed by atoms with Crippen molar-refractivity contribution >= 4 is 41.8 Å². The van der Waals surface area contributed by atoms with Gasteiger partial charge in [-0.1, -0.05) is 0 Å². The molecule has 1 atom stereocenters. The van der Waals surface area contributed by atoms with E-state index in [0.29, 0.717) is 6.54 Å². The van der Waals surface area contributed by atoms with Gasteiger partial charge >= 0.3 is 0 Å². The Morgan fingerprint density at radius 3 is 2.14 bits per heavy atom. The Hall–Kier alpha value is -1.10. The average Bonchev–Trinajstić information content (AvgIpc) is 3.18. The molecular formula is C19H37IN6O2. The number of aliphatic imine (C=N–C) groups is 1. The van der Waals surface area contributed by atoms with E-state index in [1.807, 2.05) is 32.6 Å². The van der Waals surface area contributed by atoms with Crippen molar-refractivity contribution < 1.29 is 9.59 Å². The molecule has 8 nitrogen and oxygen atoms in total. The molecule has 0 saturated carbocycles. The standard InChI is InChI=1S/C19H36N6O2.HI/c1-5-21-18(22-14-19(3,4)17(20)27)25-12-10-23(11-13-25)15(2)16(26)24-8-6-7-9-24;/h15H,5-14H2,1-4H3,(H2,20,27)(H,21,22);1H. The quantitative estimate of drug-likeness (QED) is 0.313. The third-order valence-corrected chi connectivity index (χ3v) is 5.56. The minimum Gasteiger partial charge on any atom is -0.369 e. The molecule has 162 valence electrons. The molecule has 0 radical (unpaired) electrons. The Balaban J connectivity index is 0.00000392. The zero-order valence-electron chi connectivity index (χ0n) is 17.7. The first kappa shape index (κ1) is 24.9. The number of amides is 2. The molecule has 28 heavy (non-hydrogen) atoms. The fraction of sp³-hybridized carbons (Fsp3) is 0.842. The number of piperazine rings is 1. The van der Waals surface area contributed by atoms with Crippen LogP contribution < -0.4 is 11.1 Å². The van der Waals surface area contributed by atoms with Gasteiger partial charge in [-0.2, -0.15) is 0 Å². The molecule has 0 spiro atoms. The predicted octanol–water partition coefficient (Wildman–Crippen LogP) is 0.710. The van der Waals surface area contributed by atoms with Crippen molar-refractivity contribution in [3.05, 3.63) is 0 Å². The topological polar surface area (TPSA) is 94.3 Å². The average molecular weight is 508 g/mol. The first-order chi connectivity index (χ1) is 12.8. The lowest BCUT2D eigenvalue weighted by molar-refractivity contribution is -0.135. The Morgan fingerprint density at radius 1 is 1.07 bits per heavy atom. The van der Waals surface area contributed by atoms with Crippen LogP contribution in [0.3, 0.4) is 0 Å². The minimum absolute atomic E-state index is 0. The van der Waals surface area contributed by atoms with Crippen molar-refractivity contribution in [2.45, 2.75) is 46.6 Å². The smallest absolute Gasteiger partial charge is 0.239 e. The van der Waals surface area contributed by atoms with Gasteiger partial charge in [0.05, 0.1) is 18.0 Å². The summed E-state index contributed by atoms with van der Waals surface area (Å²) in [5, 5.41) is 3.31. The molecule has 9 heteroatoms. The van der Waals surface area contributed by atoms with E-state index in [-0.39, 0.29) is 41.8 Å². The minimum atomic E-state index is -0.668. The summed E-state index contributed by atoms with van der Waals surface area (Å²) < 4.78 is 0. The van der Waals surface area contributed by atoms with Crippen LogP contribution in [0.1, 0.15) is 40.5 Å². The van der Waals surface area contributed by atoms with Gasteiger partial charge in [0.15, 0.2) is 5.96 Å².